The first kappa shape index (κ1) is 17.8. The van der Waals surface area contributed by atoms with Crippen LogP contribution in [0.4, 0.5) is 0 Å². The summed E-state index contributed by atoms with van der Waals surface area (Å²) in [4.78, 5) is 7.06. The molecule has 1 saturated heterocycles. The summed E-state index contributed by atoms with van der Waals surface area (Å²) in [6.45, 7) is 4.42. The monoisotopic (exact) mass is 362 g/mol. The number of imidazole rings is 1. The highest BCUT2D eigenvalue weighted by Crippen LogP contribution is 2.24. The predicted octanol–water partition coefficient (Wildman–Crippen LogP) is 3.15. The van der Waals surface area contributed by atoms with Crippen LogP contribution in [0, 0.1) is 0 Å². The number of hydrogen-bond donors (Lipinski definition) is 1. The van der Waals surface area contributed by atoms with Crippen LogP contribution in [0.1, 0.15) is 23.0 Å². The first-order chi connectivity index (χ1) is 13.3. The van der Waals surface area contributed by atoms with Crippen LogP contribution in [0.5, 0.6) is 5.75 Å². The van der Waals surface area contributed by atoms with E-state index in [2.05, 4.69) is 57.1 Å². The van der Waals surface area contributed by atoms with Crippen LogP contribution in [-0.2, 0) is 20.2 Å². The molecule has 1 unspecified atom stereocenters. The van der Waals surface area contributed by atoms with Crippen molar-refractivity contribution in [2.24, 2.45) is 7.05 Å². The van der Waals surface area contributed by atoms with Crippen molar-refractivity contribution in [3.05, 3.63) is 83.9 Å². The van der Waals surface area contributed by atoms with Crippen LogP contribution in [0.2, 0.25) is 0 Å². The zero-order valence-electron chi connectivity index (χ0n) is 15.7. The van der Waals surface area contributed by atoms with Gasteiger partial charge in [-0.2, -0.15) is 0 Å². The largest absolute Gasteiger partial charge is 0.489 e. The highest BCUT2D eigenvalue weighted by Gasteiger charge is 2.26. The summed E-state index contributed by atoms with van der Waals surface area (Å²) < 4.78 is 8.11. The molecule has 2 aromatic carbocycles. The molecular formula is C22H26N4O. The number of hydrogen-bond acceptors (Lipinski definition) is 4. The Morgan fingerprint density at radius 2 is 1.96 bits per heavy atom. The van der Waals surface area contributed by atoms with Gasteiger partial charge in [-0.15, -0.1) is 0 Å². The van der Waals surface area contributed by atoms with Gasteiger partial charge in [-0.1, -0.05) is 42.5 Å². The number of rotatable bonds is 6. The van der Waals surface area contributed by atoms with Crippen LogP contribution in [-0.4, -0.2) is 34.1 Å². The fraction of sp³-hybridized carbons (Fsp3) is 0.318. The van der Waals surface area contributed by atoms with Crippen LogP contribution >= 0.6 is 0 Å². The van der Waals surface area contributed by atoms with Gasteiger partial charge >= 0.3 is 0 Å². The van der Waals surface area contributed by atoms with Gasteiger partial charge in [0.1, 0.15) is 18.2 Å². The molecule has 0 bridgehead atoms. The lowest BCUT2D eigenvalue weighted by Crippen LogP contribution is -2.46. The van der Waals surface area contributed by atoms with E-state index in [0.717, 1.165) is 37.8 Å². The maximum absolute atomic E-state index is 5.99. The topological polar surface area (TPSA) is 42.3 Å². The van der Waals surface area contributed by atoms with E-state index in [0.29, 0.717) is 6.61 Å². The average molecular weight is 362 g/mol. The van der Waals surface area contributed by atoms with Crippen LogP contribution in [0.15, 0.2) is 67.0 Å². The maximum atomic E-state index is 5.99. The molecule has 5 heteroatoms. The zero-order valence-corrected chi connectivity index (χ0v) is 15.7. The summed E-state index contributed by atoms with van der Waals surface area (Å²) in [7, 11) is 2.06. The minimum Gasteiger partial charge on any atom is -0.489 e. The van der Waals surface area contributed by atoms with E-state index in [4.69, 9.17) is 4.74 Å². The third kappa shape index (κ3) is 4.38. The van der Waals surface area contributed by atoms with E-state index in [1.165, 1.54) is 11.1 Å². The fourth-order valence-corrected chi connectivity index (χ4v) is 3.60. The lowest BCUT2D eigenvalue weighted by molar-refractivity contribution is 0.144. The second-order valence-electron chi connectivity index (χ2n) is 7.01. The molecule has 2 heterocycles. The minimum atomic E-state index is 0.285. The van der Waals surface area contributed by atoms with Gasteiger partial charge in [0.05, 0.1) is 6.04 Å². The zero-order chi connectivity index (χ0) is 18.5. The summed E-state index contributed by atoms with van der Waals surface area (Å²) in [5, 5.41) is 3.50. The number of piperazine rings is 1. The molecule has 1 atom stereocenters. The third-order valence-corrected chi connectivity index (χ3v) is 5.04. The Hall–Kier alpha value is -2.63. The Morgan fingerprint density at radius 1 is 1.11 bits per heavy atom. The van der Waals surface area contributed by atoms with Crippen molar-refractivity contribution in [3.63, 3.8) is 0 Å². The summed E-state index contributed by atoms with van der Waals surface area (Å²) in [5.74, 6) is 2.03. The number of nitrogens with zero attached hydrogens (tertiary/aromatic N) is 3. The van der Waals surface area contributed by atoms with Gasteiger partial charge in [0.25, 0.3) is 0 Å². The number of nitrogens with one attached hydrogen (secondary N) is 1. The molecule has 0 saturated carbocycles. The molecule has 0 radical (unpaired) electrons. The van der Waals surface area contributed by atoms with Crippen molar-refractivity contribution < 1.29 is 4.74 Å². The lowest BCUT2D eigenvalue weighted by Gasteiger charge is -2.35. The maximum Gasteiger partial charge on any atom is 0.127 e. The van der Waals surface area contributed by atoms with Crippen LogP contribution in [0.25, 0.3) is 0 Å². The molecule has 0 aliphatic carbocycles. The van der Waals surface area contributed by atoms with Crippen molar-refractivity contribution in [3.8, 4) is 5.75 Å². The molecule has 4 rings (SSSR count). The van der Waals surface area contributed by atoms with Gasteiger partial charge < -0.3 is 14.6 Å². The van der Waals surface area contributed by atoms with Gasteiger partial charge in [0, 0.05) is 45.6 Å². The number of aromatic nitrogens is 2. The molecule has 0 spiro atoms. The second-order valence-corrected chi connectivity index (χ2v) is 7.01. The SMILES string of the molecule is Cn1ccnc1C1CNCCN1Cc1cccc(OCc2ccccc2)c1. The van der Waals surface area contributed by atoms with E-state index in [9.17, 15) is 0 Å². The first-order valence-electron chi connectivity index (χ1n) is 9.47. The molecule has 1 aliphatic heterocycles. The normalized spacial score (nSPS) is 17.7. The van der Waals surface area contributed by atoms with Gasteiger partial charge in [-0.05, 0) is 23.3 Å². The summed E-state index contributed by atoms with van der Waals surface area (Å²) in [6, 6.07) is 19.0. The van der Waals surface area contributed by atoms with Crippen molar-refractivity contribution in [2.75, 3.05) is 19.6 Å². The predicted molar refractivity (Wildman–Crippen MR) is 106 cm³/mol. The molecule has 3 aromatic rings. The molecule has 27 heavy (non-hydrogen) atoms. The van der Waals surface area contributed by atoms with Gasteiger partial charge in [-0.25, -0.2) is 4.98 Å². The molecular weight excluding hydrogens is 336 g/mol. The third-order valence-electron chi connectivity index (χ3n) is 5.04. The van der Waals surface area contributed by atoms with Crippen molar-refractivity contribution in [2.45, 2.75) is 19.2 Å². The lowest BCUT2D eigenvalue weighted by atomic mass is 10.1. The molecule has 1 aliphatic rings. The van der Waals surface area contributed by atoms with E-state index in [1.54, 1.807) is 0 Å². The highest BCUT2D eigenvalue weighted by molar-refractivity contribution is 5.29. The standard InChI is InChI=1S/C22H26N4O/c1-25-12-11-24-22(25)21-15-23-10-13-26(21)16-19-8-5-9-20(14-19)27-17-18-6-3-2-4-7-18/h2-9,11-12,14,21,23H,10,13,15-17H2,1H3. The Kier molecular flexibility index (Phi) is 5.51. The summed E-state index contributed by atoms with van der Waals surface area (Å²) in [5.41, 5.74) is 2.45. The smallest absolute Gasteiger partial charge is 0.127 e. The van der Waals surface area contributed by atoms with Crippen LogP contribution in [0.3, 0.4) is 0 Å². The molecule has 5 nitrogen and oxygen atoms in total. The quantitative estimate of drug-likeness (QED) is 0.732. The Balaban J connectivity index is 1.44. The van der Waals surface area contributed by atoms with Crippen molar-refractivity contribution in [1.29, 1.82) is 0 Å². The van der Waals surface area contributed by atoms with Gasteiger partial charge in [0.2, 0.25) is 0 Å². The fourth-order valence-electron chi connectivity index (χ4n) is 3.60. The van der Waals surface area contributed by atoms with Gasteiger partial charge in [0.15, 0.2) is 0 Å². The summed E-state index contributed by atoms with van der Waals surface area (Å²) in [6.07, 6.45) is 3.89. The molecule has 1 aromatic heterocycles. The molecule has 1 N–H and O–H groups in total. The molecule has 0 amide bonds. The molecule has 1 fully saturated rings. The summed E-state index contributed by atoms with van der Waals surface area (Å²) >= 11 is 0. The van der Waals surface area contributed by atoms with Crippen LogP contribution < -0.4 is 10.1 Å². The van der Waals surface area contributed by atoms with E-state index < -0.39 is 0 Å². The van der Waals surface area contributed by atoms with Gasteiger partial charge in [-0.3, -0.25) is 4.90 Å². The average Bonchev–Trinajstić information content (AvgIpc) is 3.14. The first-order valence-corrected chi connectivity index (χ1v) is 9.47. The number of aryl methyl sites for hydroxylation is 1. The molecule has 140 valence electrons. The van der Waals surface area contributed by atoms with E-state index in [-0.39, 0.29) is 6.04 Å². The number of ether oxygens (including phenoxy) is 1. The van der Waals surface area contributed by atoms with E-state index >= 15 is 0 Å². The van der Waals surface area contributed by atoms with Crippen molar-refractivity contribution in [1.82, 2.24) is 19.8 Å². The highest BCUT2D eigenvalue weighted by atomic mass is 16.5. The Labute approximate surface area is 160 Å². The minimum absolute atomic E-state index is 0.285. The van der Waals surface area contributed by atoms with Crippen molar-refractivity contribution >= 4 is 0 Å². The Bertz CT molecular complexity index is 862. The Morgan fingerprint density at radius 3 is 2.78 bits per heavy atom. The van der Waals surface area contributed by atoms with E-state index in [1.807, 2.05) is 36.7 Å². The second kappa shape index (κ2) is 8.37. The number of benzene rings is 2.